The van der Waals surface area contributed by atoms with Crippen LogP contribution in [0.2, 0.25) is 0 Å². The first kappa shape index (κ1) is 19.5. The number of halogens is 3. The summed E-state index contributed by atoms with van der Waals surface area (Å²) < 4.78 is 38.9. The summed E-state index contributed by atoms with van der Waals surface area (Å²) in [6.07, 6.45) is -3.15. The third-order valence-electron chi connectivity index (χ3n) is 5.34. The molecule has 2 atom stereocenters. The lowest BCUT2D eigenvalue weighted by atomic mass is 9.80. The molecule has 144 valence electrons. The minimum atomic E-state index is -4.20. The lowest BCUT2D eigenvalue weighted by Gasteiger charge is -2.32. The summed E-state index contributed by atoms with van der Waals surface area (Å²) in [4.78, 5) is 14.2. The van der Waals surface area contributed by atoms with Crippen molar-refractivity contribution in [3.63, 3.8) is 0 Å². The van der Waals surface area contributed by atoms with Crippen LogP contribution in [0, 0.1) is 11.8 Å². The molecule has 1 aliphatic rings. The molecular formula is C22H24F3NO. The van der Waals surface area contributed by atoms with Crippen LogP contribution in [0.15, 0.2) is 54.6 Å². The summed E-state index contributed by atoms with van der Waals surface area (Å²) >= 11 is 0. The first-order valence-corrected chi connectivity index (χ1v) is 9.30. The molecule has 3 rings (SSSR count). The maximum atomic E-state index is 13.0. The van der Waals surface area contributed by atoms with Crippen LogP contribution in [0.25, 0.3) is 11.1 Å². The zero-order chi connectivity index (χ0) is 19.4. The SMILES string of the molecule is CN(Cc1ccc(-c2ccccc2)cc1)C(=O)C1CCCC(C(F)(F)F)C1. The van der Waals surface area contributed by atoms with E-state index in [4.69, 9.17) is 0 Å². The van der Waals surface area contributed by atoms with E-state index >= 15 is 0 Å². The maximum absolute atomic E-state index is 13.0. The van der Waals surface area contributed by atoms with Crippen LogP contribution in [0.4, 0.5) is 13.2 Å². The molecule has 0 aliphatic heterocycles. The monoisotopic (exact) mass is 375 g/mol. The zero-order valence-electron chi connectivity index (χ0n) is 15.4. The van der Waals surface area contributed by atoms with E-state index in [1.165, 1.54) is 0 Å². The Morgan fingerprint density at radius 2 is 1.63 bits per heavy atom. The van der Waals surface area contributed by atoms with Crippen molar-refractivity contribution in [2.45, 2.75) is 38.4 Å². The van der Waals surface area contributed by atoms with E-state index in [1.807, 2.05) is 54.6 Å². The second kappa shape index (κ2) is 8.15. The van der Waals surface area contributed by atoms with E-state index in [-0.39, 0.29) is 18.7 Å². The van der Waals surface area contributed by atoms with Gasteiger partial charge in [-0.2, -0.15) is 13.2 Å². The largest absolute Gasteiger partial charge is 0.391 e. The van der Waals surface area contributed by atoms with Gasteiger partial charge in [0.15, 0.2) is 0 Å². The summed E-state index contributed by atoms with van der Waals surface area (Å²) in [7, 11) is 1.67. The number of carbonyl (C=O) groups is 1. The van der Waals surface area contributed by atoms with E-state index in [0.717, 1.165) is 16.7 Å². The number of benzene rings is 2. The number of hydrogen-bond acceptors (Lipinski definition) is 1. The average molecular weight is 375 g/mol. The molecule has 1 saturated carbocycles. The summed E-state index contributed by atoms with van der Waals surface area (Å²) in [6, 6.07) is 17.9. The first-order chi connectivity index (χ1) is 12.8. The highest BCUT2D eigenvalue weighted by Crippen LogP contribution is 2.40. The lowest BCUT2D eigenvalue weighted by Crippen LogP contribution is -2.38. The quantitative estimate of drug-likeness (QED) is 0.673. The van der Waals surface area contributed by atoms with Gasteiger partial charge < -0.3 is 4.90 Å². The van der Waals surface area contributed by atoms with Crippen molar-refractivity contribution in [2.75, 3.05) is 7.05 Å². The van der Waals surface area contributed by atoms with Gasteiger partial charge in [-0.25, -0.2) is 0 Å². The van der Waals surface area contributed by atoms with Crippen LogP contribution >= 0.6 is 0 Å². The molecule has 0 spiro atoms. The molecule has 0 N–H and O–H groups in total. The summed E-state index contributed by atoms with van der Waals surface area (Å²) in [5.41, 5.74) is 3.18. The van der Waals surface area contributed by atoms with Crippen molar-refractivity contribution in [2.24, 2.45) is 11.8 Å². The van der Waals surface area contributed by atoms with Crippen LogP contribution in [0.3, 0.4) is 0 Å². The summed E-state index contributed by atoms with van der Waals surface area (Å²) in [5.74, 6) is -2.06. The first-order valence-electron chi connectivity index (χ1n) is 9.30. The van der Waals surface area contributed by atoms with E-state index in [9.17, 15) is 18.0 Å². The standard InChI is InChI=1S/C22H24F3NO/c1-26(21(27)19-8-5-9-20(14-19)22(23,24)25)15-16-10-12-18(13-11-16)17-6-3-2-4-7-17/h2-4,6-7,10-13,19-20H,5,8-9,14-15H2,1H3. The molecule has 1 amide bonds. The number of hydrogen-bond donors (Lipinski definition) is 0. The molecule has 0 aromatic heterocycles. The highest BCUT2D eigenvalue weighted by Gasteiger charge is 2.43. The Morgan fingerprint density at radius 3 is 2.26 bits per heavy atom. The van der Waals surface area contributed by atoms with Crippen molar-refractivity contribution in [3.05, 3.63) is 60.2 Å². The number of amides is 1. The smallest absolute Gasteiger partial charge is 0.341 e. The van der Waals surface area contributed by atoms with Gasteiger partial charge in [0.25, 0.3) is 0 Å². The van der Waals surface area contributed by atoms with Crippen molar-refractivity contribution in [3.8, 4) is 11.1 Å². The Bertz CT molecular complexity index is 755. The molecule has 27 heavy (non-hydrogen) atoms. The molecule has 1 aliphatic carbocycles. The molecule has 0 heterocycles. The Morgan fingerprint density at radius 1 is 1.00 bits per heavy atom. The number of nitrogens with zero attached hydrogens (tertiary/aromatic N) is 1. The molecule has 0 bridgehead atoms. The number of alkyl halides is 3. The molecular weight excluding hydrogens is 351 g/mol. The van der Waals surface area contributed by atoms with Crippen molar-refractivity contribution in [1.82, 2.24) is 4.90 Å². The lowest BCUT2D eigenvalue weighted by molar-refractivity contribution is -0.187. The van der Waals surface area contributed by atoms with Crippen LogP contribution in [-0.4, -0.2) is 24.0 Å². The van der Waals surface area contributed by atoms with Crippen LogP contribution in [0.1, 0.15) is 31.2 Å². The third-order valence-corrected chi connectivity index (χ3v) is 5.34. The molecule has 1 fully saturated rings. The molecule has 2 nitrogen and oxygen atoms in total. The van der Waals surface area contributed by atoms with E-state index in [2.05, 4.69) is 0 Å². The Labute approximate surface area is 158 Å². The zero-order valence-corrected chi connectivity index (χ0v) is 15.4. The molecule has 2 aromatic carbocycles. The summed E-state index contributed by atoms with van der Waals surface area (Å²) in [5, 5.41) is 0. The van der Waals surface area contributed by atoms with E-state index < -0.39 is 18.0 Å². The van der Waals surface area contributed by atoms with Crippen molar-refractivity contribution in [1.29, 1.82) is 0 Å². The molecule has 0 saturated heterocycles. The van der Waals surface area contributed by atoms with Crippen molar-refractivity contribution >= 4 is 5.91 Å². The van der Waals surface area contributed by atoms with Gasteiger partial charge in [0.2, 0.25) is 5.91 Å². The minimum absolute atomic E-state index is 0.0837. The van der Waals surface area contributed by atoms with E-state index in [0.29, 0.717) is 19.4 Å². The predicted molar refractivity (Wildman–Crippen MR) is 99.9 cm³/mol. The Hall–Kier alpha value is -2.30. The van der Waals surface area contributed by atoms with Crippen LogP contribution < -0.4 is 0 Å². The van der Waals surface area contributed by atoms with Gasteiger partial charge >= 0.3 is 6.18 Å². The molecule has 5 heteroatoms. The fourth-order valence-corrected chi connectivity index (χ4v) is 3.81. The van der Waals surface area contributed by atoms with Crippen LogP contribution in [0.5, 0.6) is 0 Å². The third kappa shape index (κ3) is 4.90. The second-order valence-corrected chi connectivity index (χ2v) is 7.36. The molecule has 2 unspecified atom stereocenters. The van der Waals surface area contributed by atoms with Gasteiger partial charge in [0.1, 0.15) is 0 Å². The van der Waals surface area contributed by atoms with Gasteiger partial charge in [0, 0.05) is 19.5 Å². The van der Waals surface area contributed by atoms with Gasteiger partial charge in [0.05, 0.1) is 5.92 Å². The van der Waals surface area contributed by atoms with Gasteiger partial charge in [-0.05, 0) is 36.0 Å². The van der Waals surface area contributed by atoms with Gasteiger partial charge in [-0.3, -0.25) is 4.79 Å². The van der Waals surface area contributed by atoms with Gasteiger partial charge in [-0.15, -0.1) is 0 Å². The molecule has 0 radical (unpaired) electrons. The highest BCUT2D eigenvalue weighted by molar-refractivity contribution is 5.78. The van der Waals surface area contributed by atoms with E-state index in [1.54, 1.807) is 11.9 Å². The number of rotatable bonds is 4. The topological polar surface area (TPSA) is 20.3 Å². The van der Waals surface area contributed by atoms with Gasteiger partial charge in [-0.1, -0.05) is 61.0 Å². The maximum Gasteiger partial charge on any atom is 0.391 e. The predicted octanol–water partition coefficient (Wildman–Crippen LogP) is 5.68. The Kier molecular flexibility index (Phi) is 5.88. The number of carbonyl (C=O) groups excluding carboxylic acids is 1. The highest BCUT2D eigenvalue weighted by atomic mass is 19.4. The fraction of sp³-hybridized carbons (Fsp3) is 0.409. The minimum Gasteiger partial charge on any atom is -0.341 e. The van der Waals surface area contributed by atoms with Crippen molar-refractivity contribution < 1.29 is 18.0 Å². The normalized spacial score (nSPS) is 20.3. The Balaban J connectivity index is 1.61. The van der Waals surface area contributed by atoms with Crippen LogP contribution in [-0.2, 0) is 11.3 Å². The fourth-order valence-electron chi connectivity index (χ4n) is 3.81. The molecule has 2 aromatic rings. The second-order valence-electron chi connectivity index (χ2n) is 7.36. The summed E-state index contributed by atoms with van der Waals surface area (Å²) in [6.45, 7) is 0.404. The average Bonchev–Trinajstić information content (AvgIpc) is 2.68.